The van der Waals surface area contributed by atoms with Crippen LogP contribution in [0, 0.1) is 0 Å². The Kier molecular flexibility index (Phi) is 4.18. The first-order valence-electron chi connectivity index (χ1n) is 7.60. The first kappa shape index (κ1) is 14.7. The molecule has 1 atom stereocenters. The third-order valence-electron chi connectivity index (χ3n) is 4.04. The topological polar surface area (TPSA) is 76.1 Å². The van der Waals surface area contributed by atoms with Crippen LogP contribution >= 0.6 is 0 Å². The first-order valence-corrected chi connectivity index (χ1v) is 7.60. The summed E-state index contributed by atoms with van der Waals surface area (Å²) in [5.41, 5.74) is 0.442. The van der Waals surface area contributed by atoms with E-state index in [1.807, 2.05) is 0 Å². The average Bonchev–Trinajstić information content (AvgIpc) is 2.78. The summed E-state index contributed by atoms with van der Waals surface area (Å²) in [4.78, 5) is 25.4. The Morgan fingerprint density at radius 2 is 1.86 bits per heavy atom. The summed E-state index contributed by atoms with van der Waals surface area (Å²) in [5, 5.41) is 9.30. The van der Waals surface area contributed by atoms with Crippen molar-refractivity contribution in [3.05, 3.63) is 23.8 Å². The van der Waals surface area contributed by atoms with Crippen molar-refractivity contribution in [3.63, 3.8) is 0 Å². The van der Waals surface area contributed by atoms with E-state index in [1.54, 1.807) is 18.2 Å². The molecule has 1 saturated heterocycles. The van der Waals surface area contributed by atoms with Gasteiger partial charge in [0.1, 0.15) is 6.04 Å². The molecule has 0 bridgehead atoms. The SMILES string of the molecule is O=C(O)C1CCCCN1C(=O)c1ccc2c(c1)OCCCO2. The van der Waals surface area contributed by atoms with Gasteiger partial charge in [-0.3, -0.25) is 4.79 Å². The van der Waals surface area contributed by atoms with E-state index in [0.29, 0.717) is 43.2 Å². The van der Waals surface area contributed by atoms with Gasteiger partial charge in [-0.15, -0.1) is 0 Å². The van der Waals surface area contributed by atoms with Gasteiger partial charge in [0.15, 0.2) is 11.5 Å². The Labute approximate surface area is 128 Å². The second-order valence-corrected chi connectivity index (χ2v) is 5.56. The van der Waals surface area contributed by atoms with Crippen LogP contribution < -0.4 is 9.47 Å². The fourth-order valence-corrected chi connectivity index (χ4v) is 2.89. The summed E-state index contributed by atoms with van der Waals surface area (Å²) in [6.07, 6.45) is 2.97. The fourth-order valence-electron chi connectivity index (χ4n) is 2.89. The molecule has 1 N–H and O–H groups in total. The van der Waals surface area contributed by atoms with Gasteiger partial charge < -0.3 is 19.5 Å². The van der Waals surface area contributed by atoms with Gasteiger partial charge in [0.05, 0.1) is 13.2 Å². The number of rotatable bonds is 2. The molecule has 1 unspecified atom stereocenters. The lowest BCUT2D eigenvalue weighted by Gasteiger charge is -2.33. The fraction of sp³-hybridized carbons (Fsp3) is 0.500. The number of benzene rings is 1. The Morgan fingerprint density at radius 3 is 2.64 bits per heavy atom. The van der Waals surface area contributed by atoms with Crippen molar-refractivity contribution in [2.45, 2.75) is 31.7 Å². The number of carbonyl (C=O) groups is 2. The van der Waals surface area contributed by atoms with Crippen LogP contribution in [0.15, 0.2) is 18.2 Å². The van der Waals surface area contributed by atoms with E-state index in [-0.39, 0.29) is 5.91 Å². The number of amides is 1. The molecule has 2 heterocycles. The van der Waals surface area contributed by atoms with Gasteiger partial charge in [0.25, 0.3) is 5.91 Å². The van der Waals surface area contributed by atoms with E-state index < -0.39 is 12.0 Å². The lowest BCUT2D eigenvalue weighted by atomic mass is 10.0. The predicted octanol–water partition coefficient (Wildman–Crippen LogP) is 1.93. The van der Waals surface area contributed by atoms with Crippen molar-refractivity contribution in [1.29, 1.82) is 0 Å². The molecule has 6 nitrogen and oxygen atoms in total. The third kappa shape index (κ3) is 2.86. The van der Waals surface area contributed by atoms with Crippen LogP contribution in [0.1, 0.15) is 36.0 Å². The molecule has 0 spiro atoms. The highest BCUT2D eigenvalue weighted by atomic mass is 16.5. The largest absolute Gasteiger partial charge is 0.490 e. The first-order chi connectivity index (χ1) is 10.7. The number of nitrogens with zero attached hydrogens (tertiary/aromatic N) is 1. The maximum atomic E-state index is 12.7. The van der Waals surface area contributed by atoms with Gasteiger partial charge in [0, 0.05) is 18.5 Å². The zero-order valence-corrected chi connectivity index (χ0v) is 12.3. The smallest absolute Gasteiger partial charge is 0.326 e. The van der Waals surface area contributed by atoms with Crippen molar-refractivity contribution in [2.24, 2.45) is 0 Å². The van der Waals surface area contributed by atoms with Crippen LogP contribution in [-0.2, 0) is 4.79 Å². The molecule has 2 aliphatic rings. The van der Waals surface area contributed by atoms with Crippen LogP contribution in [0.2, 0.25) is 0 Å². The van der Waals surface area contributed by atoms with E-state index in [2.05, 4.69) is 0 Å². The van der Waals surface area contributed by atoms with Crippen molar-refractivity contribution < 1.29 is 24.2 Å². The van der Waals surface area contributed by atoms with Crippen molar-refractivity contribution >= 4 is 11.9 Å². The van der Waals surface area contributed by atoms with E-state index >= 15 is 0 Å². The molecule has 0 saturated carbocycles. The molecule has 0 radical (unpaired) electrons. The van der Waals surface area contributed by atoms with Crippen molar-refractivity contribution in [2.75, 3.05) is 19.8 Å². The third-order valence-corrected chi connectivity index (χ3v) is 4.04. The highest BCUT2D eigenvalue weighted by Gasteiger charge is 2.32. The van der Waals surface area contributed by atoms with Crippen LogP contribution in [-0.4, -0.2) is 47.7 Å². The number of fused-ring (bicyclic) bond motifs is 1. The van der Waals surface area contributed by atoms with Crippen LogP contribution in [0.5, 0.6) is 11.5 Å². The number of piperidine rings is 1. The Morgan fingerprint density at radius 1 is 1.09 bits per heavy atom. The summed E-state index contributed by atoms with van der Waals surface area (Å²) in [6.45, 7) is 1.61. The average molecular weight is 305 g/mol. The summed E-state index contributed by atoms with van der Waals surface area (Å²) >= 11 is 0. The van der Waals surface area contributed by atoms with Gasteiger partial charge in [-0.1, -0.05) is 0 Å². The maximum absolute atomic E-state index is 12.7. The lowest BCUT2D eigenvalue weighted by Crippen LogP contribution is -2.47. The summed E-state index contributed by atoms with van der Waals surface area (Å²) in [6, 6.07) is 4.30. The number of carboxylic acids is 1. The van der Waals surface area contributed by atoms with Gasteiger partial charge in [-0.25, -0.2) is 4.79 Å². The molecule has 1 aromatic rings. The number of hydrogen-bond donors (Lipinski definition) is 1. The molecular formula is C16H19NO5. The normalized spacial score (nSPS) is 21.1. The van der Waals surface area contributed by atoms with Gasteiger partial charge >= 0.3 is 5.97 Å². The quantitative estimate of drug-likeness (QED) is 0.903. The molecule has 0 aliphatic carbocycles. The van der Waals surface area contributed by atoms with E-state index in [4.69, 9.17) is 9.47 Å². The Balaban J connectivity index is 1.85. The number of carbonyl (C=O) groups excluding carboxylic acids is 1. The molecule has 22 heavy (non-hydrogen) atoms. The summed E-state index contributed by atoms with van der Waals surface area (Å²) in [5.74, 6) is -0.0279. The van der Waals surface area contributed by atoms with Crippen LogP contribution in [0.25, 0.3) is 0 Å². The molecule has 0 aromatic heterocycles. The minimum atomic E-state index is -0.942. The number of carboxylic acid groups (broad SMARTS) is 1. The molecular weight excluding hydrogens is 286 g/mol. The van der Waals surface area contributed by atoms with Crippen LogP contribution in [0.4, 0.5) is 0 Å². The standard InChI is InChI=1S/C16H19NO5/c18-15(17-7-2-1-4-12(17)16(19)20)11-5-6-13-14(10-11)22-9-3-8-21-13/h5-6,10,12H,1-4,7-9H2,(H,19,20). The van der Waals surface area contributed by atoms with Crippen molar-refractivity contribution in [1.82, 2.24) is 4.90 Å². The molecule has 1 fully saturated rings. The van der Waals surface area contributed by atoms with Crippen molar-refractivity contribution in [3.8, 4) is 11.5 Å². The molecule has 118 valence electrons. The molecule has 1 aromatic carbocycles. The van der Waals surface area contributed by atoms with Crippen LogP contribution in [0.3, 0.4) is 0 Å². The minimum absolute atomic E-state index is 0.261. The van der Waals surface area contributed by atoms with E-state index in [9.17, 15) is 14.7 Å². The molecule has 6 heteroatoms. The number of ether oxygens (including phenoxy) is 2. The highest BCUT2D eigenvalue weighted by molar-refractivity contribution is 5.97. The monoisotopic (exact) mass is 305 g/mol. The second-order valence-electron chi connectivity index (χ2n) is 5.56. The molecule has 1 amide bonds. The molecule has 2 aliphatic heterocycles. The predicted molar refractivity (Wildman–Crippen MR) is 78.4 cm³/mol. The highest BCUT2D eigenvalue weighted by Crippen LogP contribution is 2.31. The molecule has 3 rings (SSSR count). The van der Waals surface area contributed by atoms with E-state index in [1.165, 1.54) is 4.90 Å². The number of likely N-dealkylation sites (tertiary alicyclic amines) is 1. The van der Waals surface area contributed by atoms with E-state index in [0.717, 1.165) is 19.3 Å². The summed E-state index contributed by atoms with van der Waals surface area (Å²) in [7, 11) is 0. The van der Waals surface area contributed by atoms with Gasteiger partial charge in [0.2, 0.25) is 0 Å². The van der Waals surface area contributed by atoms with Gasteiger partial charge in [-0.05, 0) is 37.5 Å². The second kappa shape index (κ2) is 6.25. The zero-order chi connectivity index (χ0) is 15.5. The number of aliphatic carboxylic acids is 1. The number of hydrogen-bond acceptors (Lipinski definition) is 4. The lowest BCUT2D eigenvalue weighted by molar-refractivity contribution is -0.143. The zero-order valence-electron chi connectivity index (χ0n) is 12.3. The minimum Gasteiger partial charge on any atom is -0.490 e. The van der Waals surface area contributed by atoms with Gasteiger partial charge in [-0.2, -0.15) is 0 Å². The maximum Gasteiger partial charge on any atom is 0.326 e. The Hall–Kier alpha value is -2.24. The Bertz CT molecular complexity index is 586. The summed E-state index contributed by atoms with van der Waals surface area (Å²) < 4.78 is 11.1.